The van der Waals surface area contributed by atoms with Crippen LogP contribution in [-0.4, -0.2) is 95.3 Å². The van der Waals surface area contributed by atoms with Gasteiger partial charge < -0.3 is 35.8 Å². The van der Waals surface area contributed by atoms with Crippen LogP contribution in [0.3, 0.4) is 0 Å². The molecule has 0 saturated heterocycles. The van der Waals surface area contributed by atoms with E-state index in [1.165, 1.54) is 11.0 Å². The number of carbonyl (C=O) groups excluding carboxylic acids is 4. The van der Waals surface area contributed by atoms with Crippen LogP contribution in [0.2, 0.25) is 0 Å². The van der Waals surface area contributed by atoms with Gasteiger partial charge in [0.2, 0.25) is 5.78 Å². The number of anilines is 2. The molecule has 0 bridgehead atoms. The summed E-state index contributed by atoms with van der Waals surface area (Å²) in [7, 11) is 6.58. The lowest BCUT2D eigenvalue weighted by Crippen LogP contribution is -2.63. The van der Waals surface area contributed by atoms with Crippen molar-refractivity contribution in [2.45, 2.75) is 44.2 Å². The predicted octanol–water partition coefficient (Wildman–Crippen LogP) is 1.54. The number of aliphatic hydroxyl groups is 3. The van der Waals surface area contributed by atoms with Gasteiger partial charge in [-0.15, -0.1) is 0 Å². The van der Waals surface area contributed by atoms with E-state index < -0.39 is 69.9 Å². The molecule has 0 fully saturated rings. The number of nitrogens with two attached hydrogens (primary N) is 1. The molecule has 7 N–H and O–H groups in total. The van der Waals surface area contributed by atoms with Crippen LogP contribution in [0.5, 0.6) is 5.75 Å². The van der Waals surface area contributed by atoms with Crippen LogP contribution in [0, 0.1) is 11.8 Å². The van der Waals surface area contributed by atoms with E-state index in [2.05, 4.69) is 5.32 Å². The van der Waals surface area contributed by atoms with E-state index >= 15 is 0 Å². The number of ether oxygens (including phenoxy) is 1. The summed E-state index contributed by atoms with van der Waals surface area (Å²) >= 11 is 0. The fourth-order valence-corrected chi connectivity index (χ4v) is 6.25. The Bertz CT molecular complexity index is 1400. The number of benzene rings is 1. The highest BCUT2D eigenvalue weighted by Crippen LogP contribution is 2.53. The second kappa shape index (κ2) is 10.7. The van der Waals surface area contributed by atoms with Gasteiger partial charge >= 0.3 is 6.09 Å². The zero-order valence-electron chi connectivity index (χ0n) is 23.6. The van der Waals surface area contributed by atoms with E-state index in [4.69, 9.17) is 10.5 Å². The normalized spacial score (nSPS) is 25.5. The molecule has 3 aliphatic carbocycles. The first-order valence-electron chi connectivity index (χ1n) is 13.3. The molecule has 0 spiro atoms. The number of phenolic OH excluding ortho intramolecular Hbond substituents is 1. The van der Waals surface area contributed by atoms with Gasteiger partial charge in [-0.1, -0.05) is 13.3 Å². The van der Waals surface area contributed by atoms with Crippen LogP contribution >= 0.6 is 0 Å². The number of carbonyl (C=O) groups is 4. The van der Waals surface area contributed by atoms with Gasteiger partial charge in [-0.25, -0.2) is 4.79 Å². The Morgan fingerprint density at radius 3 is 2.39 bits per heavy atom. The molecule has 222 valence electrons. The lowest BCUT2D eigenvalue weighted by atomic mass is 9.58. The fraction of sp³-hybridized carbons (Fsp3) is 0.500. The first kappa shape index (κ1) is 29.9. The number of aromatic hydroxyl groups is 1. The minimum atomic E-state index is -2.73. The van der Waals surface area contributed by atoms with Gasteiger partial charge in [-0.2, -0.15) is 0 Å². The number of amides is 2. The number of ketones is 2. The number of rotatable bonds is 7. The highest BCUT2D eigenvalue weighted by Gasteiger charge is 2.63. The van der Waals surface area contributed by atoms with E-state index in [-0.39, 0.29) is 36.3 Å². The Morgan fingerprint density at radius 1 is 1.17 bits per heavy atom. The summed E-state index contributed by atoms with van der Waals surface area (Å²) in [6.45, 7) is 2.09. The van der Waals surface area contributed by atoms with Crippen molar-refractivity contribution in [1.82, 2.24) is 4.90 Å². The maximum Gasteiger partial charge on any atom is 0.411 e. The zero-order chi connectivity index (χ0) is 30.5. The van der Waals surface area contributed by atoms with Gasteiger partial charge in [0.25, 0.3) is 5.91 Å². The maximum absolute atomic E-state index is 14.0. The Labute approximate surface area is 236 Å². The summed E-state index contributed by atoms with van der Waals surface area (Å²) in [5.41, 5.74) is 2.12. The Kier molecular flexibility index (Phi) is 7.80. The highest BCUT2D eigenvalue weighted by molar-refractivity contribution is 6.25. The zero-order valence-corrected chi connectivity index (χ0v) is 23.6. The van der Waals surface area contributed by atoms with Gasteiger partial charge in [-0.05, 0) is 50.9 Å². The monoisotopic (exact) mass is 572 g/mol. The Hall–Kier alpha value is -4.10. The first-order valence-corrected chi connectivity index (χ1v) is 13.3. The van der Waals surface area contributed by atoms with E-state index in [0.29, 0.717) is 17.7 Å². The third kappa shape index (κ3) is 4.58. The summed E-state index contributed by atoms with van der Waals surface area (Å²) < 4.78 is 5.12. The molecule has 0 aliphatic heterocycles. The van der Waals surface area contributed by atoms with Gasteiger partial charge in [0.1, 0.15) is 17.1 Å². The molecular weight excluding hydrogens is 536 g/mol. The summed E-state index contributed by atoms with van der Waals surface area (Å²) in [5.74, 6) is -7.43. The van der Waals surface area contributed by atoms with Crippen LogP contribution in [0.1, 0.15) is 42.1 Å². The number of nitrogens with one attached hydrogen (secondary N) is 1. The number of likely N-dealkylation sites (N-methyl/N-ethyl adjacent to an activating group) is 1. The molecule has 0 radical (unpaired) electrons. The molecular formula is C28H36N4O9. The van der Waals surface area contributed by atoms with Crippen LogP contribution in [0.15, 0.2) is 28.7 Å². The van der Waals surface area contributed by atoms with Crippen LogP contribution in [0.25, 0.3) is 0 Å². The number of allylic oxidation sites excluding steroid dienone is 1. The molecule has 41 heavy (non-hydrogen) atoms. The van der Waals surface area contributed by atoms with E-state index in [1.807, 2.05) is 6.92 Å². The van der Waals surface area contributed by atoms with Crippen molar-refractivity contribution < 1.29 is 44.3 Å². The molecule has 1 aromatic carbocycles. The third-order valence-electron chi connectivity index (χ3n) is 8.15. The van der Waals surface area contributed by atoms with Gasteiger partial charge in [-0.3, -0.25) is 24.6 Å². The lowest BCUT2D eigenvalue weighted by Gasteiger charge is -2.50. The highest BCUT2D eigenvalue weighted by atomic mass is 16.5. The second-order valence-electron chi connectivity index (χ2n) is 11.1. The molecule has 0 unspecified atom stereocenters. The number of unbranched alkanes of at least 4 members (excludes halogenated alkanes) is 1. The SMILES string of the molecule is CCCCOC(=O)Nc1cc(N(C)C)c2c(c1O)C(=O)C1=C(O)[C@]3(O)C(=O)C(C(N)=O)=C(O)[C@@H](N(C)C)[C@@H]3C[C@@H]1C2. The van der Waals surface area contributed by atoms with Crippen molar-refractivity contribution in [3.05, 3.63) is 39.9 Å². The number of fused-ring (bicyclic) bond motifs is 3. The molecule has 4 atom stereocenters. The van der Waals surface area contributed by atoms with E-state index in [9.17, 15) is 39.6 Å². The molecule has 3 aliphatic rings. The van der Waals surface area contributed by atoms with E-state index in [1.54, 1.807) is 33.1 Å². The molecule has 4 rings (SSSR count). The third-order valence-corrected chi connectivity index (χ3v) is 8.15. The average Bonchev–Trinajstić information content (AvgIpc) is 2.87. The number of phenols is 1. The van der Waals surface area contributed by atoms with Gasteiger partial charge in [0.15, 0.2) is 17.1 Å². The minimum Gasteiger partial charge on any atom is -0.510 e. The lowest BCUT2D eigenvalue weighted by molar-refractivity contribution is -0.148. The van der Waals surface area contributed by atoms with Crippen molar-refractivity contribution in [3.8, 4) is 5.75 Å². The summed E-state index contributed by atoms with van der Waals surface area (Å²) in [6.07, 6.45) is 0.712. The van der Waals surface area contributed by atoms with Crippen molar-refractivity contribution in [2.24, 2.45) is 17.6 Å². The number of aliphatic hydroxyl groups excluding tert-OH is 2. The van der Waals surface area contributed by atoms with Gasteiger partial charge in [0, 0.05) is 31.3 Å². The minimum absolute atomic E-state index is 0.0247. The Morgan fingerprint density at radius 2 is 1.83 bits per heavy atom. The summed E-state index contributed by atoms with van der Waals surface area (Å²) in [4.78, 5) is 55.1. The summed E-state index contributed by atoms with van der Waals surface area (Å²) in [5, 5.41) is 47.7. The predicted molar refractivity (Wildman–Crippen MR) is 148 cm³/mol. The topological polar surface area (TPSA) is 203 Å². The van der Waals surface area contributed by atoms with Crippen LogP contribution in [0.4, 0.5) is 16.2 Å². The van der Waals surface area contributed by atoms with Crippen molar-refractivity contribution in [3.63, 3.8) is 0 Å². The summed E-state index contributed by atoms with van der Waals surface area (Å²) in [6, 6.07) is 0.434. The first-order chi connectivity index (χ1) is 19.2. The molecule has 13 heteroatoms. The molecule has 13 nitrogen and oxygen atoms in total. The van der Waals surface area contributed by atoms with Crippen LogP contribution in [-0.2, 0) is 20.7 Å². The van der Waals surface area contributed by atoms with E-state index in [0.717, 1.165) is 6.42 Å². The molecule has 0 aromatic heterocycles. The molecule has 2 amide bonds. The fourth-order valence-electron chi connectivity index (χ4n) is 6.25. The standard InChI is InChI=1S/C28H36N4O9/c1-6-7-8-41-27(39)30-15-11-16(31(2)3)13-9-12-10-14-20(32(4)5)23(35)19(26(29)38)25(37)28(14,40)24(36)17(12)22(34)18(13)21(15)33/h11-12,14,20,33,35-36,40H,6-10H2,1-5H3,(H2,29,38)(H,30,39)/t12-,14-,20-,28-/m0/s1. The number of hydrogen-bond acceptors (Lipinski definition) is 11. The molecule has 0 heterocycles. The largest absolute Gasteiger partial charge is 0.510 e. The van der Waals surface area contributed by atoms with Crippen molar-refractivity contribution in [2.75, 3.05) is 45.0 Å². The smallest absolute Gasteiger partial charge is 0.411 e. The molecule has 0 saturated carbocycles. The quantitative estimate of drug-likeness (QED) is 0.157. The number of nitrogens with zero attached hydrogens (tertiary/aromatic N) is 2. The van der Waals surface area contributed by atoms with Crippen LogP contribution < -0.4 is 16.0 Å². The van der Waals surface area contributed by atoms with Gasteiger partial charge in [0.05, 0.1) is 23.9 Å². The number of Topliss-reactive ketones (excluding diaryl/α,β-unsaturated/α-hetero) is 2. The number of primary amides is 1. The average molecular weight is 573 g/mol. The maximum atomic E-state index is 14.0. The number of hydrogen-bond donors (Lipinski definition) is 6. The van der Waals surface area contributed by atoms with Crippen molar-refractivity contribution >= 4 is 34.9 Å². The van der Waals surface area contributed by atoms with Crippen molar-refractivity contribution in [1.29, 1.82) is 0 Å². The molecule has 1 aromatic rings. The second-order valence-corrected chi connectivity index (χ2v) is 11.1. The Balaban J connectivity index is 1.88.